The number of hydrogen-bond acceptors (Lipinski definition) is 1. The summed E-state index contributed by atoms with van der Waals surface area (Å²) in [4.78, 5) is 0. The molecule has 16 heavy (non-hydrogen) atoms. The van der Waals surface area contributed by atoms with Gasteiger partial charge in [-0.15, -0.1) is 0 Å². The van der Waals surface area contributed by atoms with Gasteiger partial charge in [-0.25, -0.2) is 0 Å². The highest BCUT2D eigenvalue weighted by Crippen LogP contribution is 2.44. The Morgan fingerprint density at radius 1 is 0.812 bits per heavy atom. The molecular formula is C15H28O. The van der Waals surface area contributed by atoms with Crippen molar-refractivity contribution in [2.45, 2.75) is 83.7 Å². The van der Waals surface area contributed by atoms with E-state index in [1.807, 2.05) is 0 Å². The zero-order chi connectivity index (χ0) is 11.6. The average Bonchev–Trinajstić information content (AvgIpc) is 2.41. The predicted molar refractivity (Wildman–Crippen MR) is 68.4 cm³/mol. The molecule has 2 fully saturated rings. The van der Waals surface area contributed by atoms with E-state index in [9.17, 15) is 5.11 Å². The third kappa shape index (κ3) is 2.80. The van der Waals surface area contributed by atoms with Crippen LogP contribution in [0.3, 0.4) is 0 Å². The van der Waals surface area contributed by atoms with Crippen molar-refractivity contribution in [3.8, 4) is 0 Å². The smallest absolute Gasteiger partial charge is 0.0676 e. The fourth-order valence-electron chi connectivity index (χ4n) is 3.73. The van der Waals surface area contributed by atoms with Crippen LogP contribution in [0.2, 0.25) is 0 Å². The van der Waals surface area contributed by atoms with Gasteiger partial charge in [-0.2, -0.15) is 0 Å². The highest BCUT2D eigenvalue weighted by atomic mass is 16.3. The molecule has 1 N–H and O–H groups in total. The van der Waals surface area contributed by atoms with Crippen LogP contribution < -0.4 is 0 Å². The quantitative estimate of drug-likeness (QED) is 0.659. The summed E-state index contributed by atoms with van der Waals surface area (Å²) < 4.78 is 0. The summed E-state index contributed by atoms with van der Waals surface area (Å²) in [7, 11) is 0. The molecule has 1 nitrogen and oxygen atoms in total. The second kappa shape index (κ2) is 4.68. The van der Waals surface area contributed by atoms with Crippen molar-refractivity contribution in [3.63, 3.8) is 0 Å². The predicted octanol–water partition coefficient (Wildman–Crippen LogP) is 4.29. The molecule has 0 heterocycles. The monoisotopic (exact) mass is 224 g/mol. The minimum Gasteiger partial charge on any atom is -0.390 e. The molecule has 2 rings (SSSR count). The minimum absolute atomic E-state index is 0.311. The zero-order valence-electron chi connectivity index (χ0n) is 11.1. The van der Waals surface area contributed by atoms with Crippen LogP contribution in [0.5, 0.6) is 0 Å². The Kier molecular flexibility index (Phi) is 3.63. The van der Waals surface area contributed by atoms with Gasteiger partial charge in [-0.05, 0) is 49.9 Å². The molecule has 0 aromatic carbocycles. The van der Waals surface area contributed by atoms with Gasteiger partial charge >= 0.3 is 0 Å². The van der Waals surface area contributed by atoms with Crippen LogP contribution in [-0.4, -0.2) is 10.7 Å². The van der Waals surface area contributed by atoms with Crippen molar-refractivity contribution in [1.29, 1.82) is 0 Å². The van der Waals surface area contributed by atoms with Crippen LogP contribution in [0.1, 0.15) is 78.1 Å². The summed E-state index contributed by atoms with van der Waals surface area (Å²) in [5, 5.41) is 10.9. The van der Waals surface area contributed by atoms with Crippen molar-refractivity contribution in [1.82, 2.24) is 0 Å². The van der Waals surface area contributed by atoms with E-state index in [-0.39, 0.29) is 5.60 Å². The molecular weight excluding hydrogens is 196 g/mol. The lowest BCUT2D eigenvalue weighted by Gasteiger charge is -2.38. The van der Waals surface area contributed by atoms with Crippen molar-refractivity contribution in [2.24, 2.45) is 11.3 Å². The summed E-state index contributed by atoms with van der Waals surface area (Å²) in [5.41, 5.74) is 0.146. The van der Waals surface area contributed by atoms with E-state index in [4.69, 9.17) is 0 Å². The Bertz CT molecular complexity index is 228. The van der Waals surface area contributed by atoms with Crippen LogP contribution in [0.25, 0.3) is 0 Å². The fraction of sp³-hybridized carbons (Fsp3) is 1.00. The summed E-state index contributed by atoms with van der Waals surface area (Å²) in [6, 6.07) is 0. The lowest BCUT2D eigenvalue weighted by Crippen LogP contribution is -2.38. The van der Waals surface area contributed by atoms with Crippen LogP contribution in [0, 0.1) is 11.3 Å². The van der Waals surface area contributed by atoms with Gasteiger partial charge < -0.3 is 5.11 Å². The van der Waals surface area contributed by atoms with Gasteiger partial charge in [0.1, 0.15) is 0 Å². The maximum absolute atomic E-state index is 10.9. The normalized spacial score (nSPS) is 36.9. The summed E-state index contributed by atoms with van der Waals surface area (Å²) in [5.74, 6) is 0.607. The molecule has 2 aliphatic rings. The van der Waals surface area contributed by atoms with Gasteiger partial charge in [0.15, 0.2) is 0 Å². The van der Waals surface area contributed by atoms with Gasteiger partial charge in [0, 0.05) is 0 Å². The van der Waals surface area contributed by atoms with E-state index < -0.39 is 0 Å². The molecule has 0 spiro atoms. The Hall–Kier alpha value is -0.0400. The molecule has 0 aromatic rings. The lowest BCUT2D eigenvalue weighted by atomic mass is 9.73. The van der Waals surface area contributed by atoms with Crippen LogP contribution >= 0.6 is 0 Å². The molecule has 1 atom stereocenters. The van der Waals surface area contributed by atoms with Gasteiger partial charge in [0.05, 0.1) is 5.60 Å². The first-order chi connectivity index (χ1) is 7.52. The first-order valence-corrected chi connectivity index (χ1v) is 7.24. The molecule has 0 aliphatic heterocycles. The molecule has 2 saturated carbocycles. The minimum atomic E-state index is -0.311. The molecule has 0 aromatic heterocycles. The highest BCUT2D eigenvalue weighted by molar-refractivity contribution is 4.92. The maximum atomic E-state index is 10.9. The van der Waals surface area contributed by atoms with Crippen molar-refractivity contribution < 1.29 is 5.11 Å². The maximum Gasteiger partial charge on any atom is 0.0676 e. The molecule has 0 radical (unpaired) electrons. The summed E-state index contributed by atoms with van der Waals surface area (Å²) >= 11 is 0. The number of hydrogen-bond donors (Lipinski definition) is 1. The largest absolute Gasteiger partial charge is 0.390 e. The molecule has 94 valence electrons. The Balaban J connectivity index is 2.00. The Labute approximate surface area is 101 Å². The van der Waals surface area contributed by atoms with Crippen molar-refractivity contribution in [2.75, 3.05) is 0 Å². The van der Waals surface area contributed by atoms with E-state index in [1.54, 1.807) is 0 Å². The van der Waals surface area contributed by atoms with Crippen molar-refractivity contribution >= 4 is 0 Å². The second-order valence-electron chi connectivity index (χ2n) is 6.96. The molecule has 2 aliphatic carbocycles. The summed E-state index contributed by atoms with van der Waals surface area (Å²) in [6.45, 7) is 4.72. The lowest BCUT2D eigenvalue weighted by molar-refractivity contribution is -0.0469. The van der Waals surface area contributed by atoms with Gasteiger partial charge in [-0.1, -0.05) is 39.5 Å². The third-order valence-corrected chi connectivity index (χ3v) is 5.06. The molecule has 0 bridgehead atoms. The van der Waals surface area contributed by atoms with E-state index in [2.05, 4.69) is 13.8 Å². The third-order valence-electron chi connectivity index (χ3n) is 5.06. The molecule has 1 heteroatoms. The Morgan fingerprint density at radius 3 is 2.19 bits per heavy atom. The van der Waals surface area contributed by atoms with Crippen LogP contribution in [0.4, 0.5) is 0 Å². The van der Waals surface area contributed by atoms with Crippen LogP contribution in [-0.2, 0) is 0 Å². The summed E-state index contributed by atoms with van der Waals surface area (Å²) in [6.07, 6.45) is 12.5. The van der Waals surface area contributed by atoms with E-state index >= 15 is 0 Å². The van der Waals surface area contributed by atoms with Crippen LogP contribution in [0.15, 0.2) is 0 Å². The van der Waals surface area contributed by atoms with E-state index in [0.29, 0.717) is 11.3 Å². The fourth-order valence-corrected chi connectivity index (χ4v) is 3.73. The first-order valence-electron chi connectivity index (χ1n) is 7.24. The topological polar surface area (TPSA) is 20.2 Å². The molecule has 1 unspecified atom stereocenters. The zero-order valence-corrected chi connectivity index (χ0v) is 11.1. The Morgan fingerprint density at radius 2 is 1.50 bits per heavy atom. The van der Waals surface area contributed by atoms with Gasteiger partial charge in [0.2, 0.25) is 0 Å². The molecule has 0 amide bonds. The average molecular weight is 224 g/mol. The van der Waals surface area contributed by atoms with Crippen molar-refractivity contribution in [3.05, 3.63) is 0 Å². The SMILES string of the molecule is CC1(C)CCCC(O)(C2CCCCC2)CC1. The molecule has 0 saturated heterocycles. The van der Waals surface area contributed by atoms with Gasteiger partial charge in [0.25, 0.3) is 0 Å². The van der Waals surface area contributed by atoms with Gasteiger partial charge in [-0.3, -0.25) is 0 Å². The number of aliphatic hydroxyl groups is 1. The highest BCUT2D eigenvalue weighted by Gasteiger charge is 2.40. The standard InChI is InChI=1S/C15H28O/c1-14(2)9-6-10-15(16,12-11-14)13-7-4-3-5-8-13/h13,16H,3-12H2,1-2H3. The number of rotatable bonds is 1. The first kappa shape index (κ1) is 12.4. The second-order valence-corrected chi connectivity index (χ2v) is 6.96. The van der Waals surface area contributed by atoms with E-state index in [0.717, 1.165) is 12.8 Å². The van der Waals surface area contributed by atoms with E-state index in [1.165, 1.54) is 51.4 Å².